The van der Waals surface area contributed by atoms with Gasteiger partial charge in [0.2, 0.25) is 0 Å². The van der Waals surface area contributed by atoms with Gasteiger partial charge in [-0.25, -0.2) is 0 Å². The lowest BCUT2D eigenvalue weighted by atomic mass is 9.45. The summed E-state index contributed by atoms with van der Waals surface area (Å²) in [7, 11) is 0. The van der Waals surface area contributed by atoms with Crippen LogP contribution in [-0.4, -0.2) is 17.9 Å². The molecule has 0 aromatic rings. The predicted molar refractivity (Wildman–Crippen MR) is 96.9 cm³/mol. The minimum Gasteiger partial charge on any atom is -0.462 e. The Balaban J connectivity index is 1.56. The molecule has 0 heterocycles. The molecule has 4 saturated carbocycles. The van der Waals surface area contributed by atoms with Crippen LogP contribution < -0.4 is 0 Å². The minimum absolute atomic E-state index is 0.0320. The molecule has 4 fully saturated rings. The van der Waals surface area contributed by atoms with Gasteiger partial charge in [0.05, 0.1) is 0 Å². The van der Waals surface area contributed by atoms with Crippen molar-refractivity contribution in [2.75, 3.05) is 0 Å². The molecule has 3 heteroatoms. The Morgan fingerprint density at radius 1 is 1.04 bits per heavy atom. The van der Waals surface area contributed by atoms with E-state index >= 15 is 0 Å². The van der Waals surface area contributed by atoms with Crippen LogP contribution in [0.15, 0.2) is 0 Å². The number of Topliss-reactive ketones (excluding diaryl/α,β-unsaturated/α-hetero) is 1. The van der Waals surface area contributed by atoms with Crippen LogP contribution in [0.1, 0.15) is 85.0 Å². The lowest BCUT2D eigenvalue weighted by Crippen LogP contribution is -2.54. The van der Waals surface area contributed by atoms with E-state index in [-0.39, 0.29) is 17.5 Å². The molecule has 7 unspecified atom stereocenters. The molecule has 0 aromatic carbocycles. The van der Waals surface area contributed by atoms with Crippen molar-refractivity contribution in [3.05, 3.63) is 0 Å². The molecule has 0 radical (unpaired) electrons. The van der Waals surface area contributed by atoms with Gasteiger partial charge < -0.3 is 4.74 Å². The molecule has 4 rings (SSSR count). The fourth-order valence-electron chi connectivity index (χ4n) is 7.43. The van der Waals surface area contributed by atoms with Crippen LogP contribution in [0.25, 0.3) is 0 Å². The van der Waals surface area contributed by atoms with Gasteiger partial charge in [-0.3, -0.25) is 9.59 Å². The molecule has 3 nitrogen and oxygen atoms in total. The number of carbonyl (C=O) groups is 2. The highest BCUT2D eigenvalue weighted by Gasteiger charge is 2.61. The molecule has 0 amide bonds. The molecule has 0 aromatic heterocycles. The SMILES string of the molecule is CCC(=O)OC1CCC2C3CCC4CC(=O)CCC4(C)C3CCC12C. The first-order valence-electron chi connectivity index (χ1n) is 10.6. The molecule has 0 spiro atoms. The summed E-state index contributed by atoms with van der Waals surface area (Å²) in [6.45, 7) is 6.78. The molecule has 0 saturated heterocycles. The highest BCUT2D eigenvalue weighted by atomic mass is 16.5. The first kappa shape index (κ1) is 17.5. The van der Waals surface area contributed by atoms with Crippen molar-refractivity contribution >= 4 is 11.8 Å². The number of esters is 1. The van der Waals surface area contributed by atoms with Gasteiger partial charge >= 0.3 is 5.97 Å². The van der Waals surface area contributed by atoms with E-state index in [1.807, 2.05) is 6.92 Å². The van der Waals surface area contributed by atoms with Gasteiger partial charge in [0, 0.05) is 24.7 Å². The molecule has 4 aliphatic carbocycles. The smallest absolute Gasteiger partial charge is 0.305 e. The number of ether oxygens (including phenoxy) is 1. The van der Waals surface area contributed by atoms with E-state index in [2.05, 4.69) is 13.8 Å². The van der Waals surface area contributed by atoms with Crippen molar-refractivity contribution in [2.45, 2.75) is 91.1 Å². The van der Waals surface area contributed by atoms with E-state index in [0.717, 1.165) is 37.5 Å². The third-order valence-electron chi connectivity index (χ3n) is 8.96. The van der Waals surface area contributed by atoms with E-state index in [4.69, 9.17) is 4.74 Å². The highest BCUT2D eigenvalue weighted by Crippen LogP contribution is 2.66. The topological polar surface area (TPSA) is 43.4 Å². The van der Waals surface area contributed by atoms with Gasteiger partial charge in [-0.05, 0) is 74.0 Å². The second kappa shape index (κ2) is 6.09. The van der Waals surface area contributed by atoms with Crippen molar-refractivity contribution in [3.63, 3.8) is 0 Å². The van der Waals surface area contributed by atoms with Gasteiger partial charge in [-0.1, -0.05) is 20.8 Å². The summed E-state index contributed by atoms with van der Waals surface area (Å²) in [5, 5.41) is 0. The third kappa shape index (κ3) is 2.59. The summed E-state index contributed by atoms with van der Waals surface area (Å²) < 4.78 is 5.87. The molecular weight excluding hydrogens is 312 g/mol. The number of fused-ring (bicyclic) bond motifs is 5. The molecular formula is C22H34O3. The van der Waals surface area contributed by atoms with E-state index < -0.39 is 0 Å². The second-order valence-corrected chi connectivity index (χ2v) is 9.85. The van der Waals surface area contributed by atoms with Gasteiger partial charge in [0.1, 0.15) is 11.9 Å². The summed E-state index contributed by atoms with van der Waals surface area (Å²) in [6, 6.07) is 0. The minimum atomic E-state index is -0.0320. The van der Waals surface area contributed by atoms with Crippen LogP contribution in [0.4, 0.5) is 0 Å². The third-order valence-corrected chi connectivity index (χ3v) is 8.96. The molecule has 25 heavy (non-hydrogen) atoms. The van der Waals surface area contributed by atoms with Gasteiger partial charge in [-0.2, -0.15) is 0 Å². The maximum Gasteiger partial charge on any atom is 0.305 e. The summed E-state index contributed by atoms with van der Waals surface area (Å²) in [5.41, 5.74) is 0.552. The van der Waals surface area contributed by atoms with Crippen molar-refractivity contribution in [1.29, 1.82) is 0 Å². The Hall–Kier alpha value is -0.860. The molecule has 4 aliphatic rings. The standard InChI is InChI=1S/C22H34O3/c1-4-20(24)25-19-8-7-17-16-6-5-14-13-15(23)9-11-21(14,2)18(16)10-12-22(17,19)3/h14,16-19H,4-13H2,1-3H3. The molecule has 7 atom stereocenters. The van der Waals surface area contributed by atoms with Crippen LogP contribution in [0.5, 0.6) is 0 Å². The van der Waals surface area contributed by atoms with Gasteiger partial charge in [-0.15, -0.1) is 0 Å². The van der Waals surface area contributed by atoms with Crippen LogP contribution in [0, 0.1) is 34.5 Å². The van der Waals surface area contributed by atoms with E-state index in [1.165, 1.54) is 32.1 Å². The largest absolute Gasteiger partial charge is 0.462 e. The maximum absolute atomic E-state index is 12.0. The first-order chi connectivity index (χ1) is 11.9. The number of ketones is 1. The van der Waals surface area contributed by atoms with Crippen LogP contribution in [0.2, 0.25) is 0 Å². The molecule has 0 N–H and O–H groups in total. The Morgan fingerprint density at radius 2 is 1.80 bits per heavy atom. The highest BCUT2D eigenvalue weighted by molar-refractivity contribution is 5.79. The van der Waals surface area contributed by atoms with E-state index in [0.29, 0.717) is 29.5 Å². The summed E-state index contributed by atoms with van der Waals surface area (Å²) >= 11 is 0. The normalized spacial score (nSPS) is 49.1. The van der Waals surface area contributed by atoms with Crippen LogP contribution >= 0.6 is 0 Å². The van der Waals surface area contributed by atoms with Gasteiger partial charge in [0.15, 0.2) is 0 Å². The average Bonchev–Trinajstić information content (AvgIpc) is 2.92. The fraction of sp³-hybridized carbons (Fsp3) is 0.909. The van der Waals surface area contributed by atoms with Crippen LogP contribution in [0.3, 0.4) is 0 Å². The quantitative estimate of drug-likeness (QED) is 0.667. The van der Waals surface area contributed by atoms with Crippen molar-refractivity contribution in [2.24, 2.45) is 34.5 Å². The zero-order valence-corrected chi connectivity index (χ0v) is 16.2. The second-order valence-electron chi connectivity index (χ2n) is 9.85. The molecule has 140 valence electrons. The number of carbonyl (C=O) groups excluding carboxylic acids is 2. The summed E-state index contributed by atoms with van der Waals surface area (Å²) in [4.78, 5) is 23.9. The van der Waals surface area contributed by atoms with Gasteiger partial charge in [0.25, 0.3) is 0 Å². The monoisotopic (exact) mass is 346 g/mol. The number of hydrogen-bond acceptors (Lipinski definition) is 3. The average molecular weight is 347 g/mol. The summed E-state index contributed by atoms with van der Waals surface area (Å²) in [6.07, 6.45) is 10.6. The Bertz CT molecular complexity index is 570. The lowest BCUT2D eigenvalue weighted by molar-refractivity contribution is -0.163. The molecule has 0 bridgehead atoms. The first-order valence-corrected chi connectivity index (χ1v) is 10.6. The maximum atomic E-state index is 12.0. The summed E-state index contributed by atoms with van der Waals surface area (Å²) in [5.74, 6) is 3.34. The zero-order chi connectivity index (χ0) is 17.8. The predicted octanol–water partition coefficient (Wildman–Crippen LogP) is 4.92. The lowest BCUT2D eigenvalue weighted by Gasteiger charge is -2.60. The molecule has 0 aliphatic heterocycles. The van der Waals surface area contributed by atoms with Crippen molar-refractivity contribution < 1.29 is 14.3 Å². The Morgan fingerprint density at radius 3 is 2.56 bits per heavy atom. The zero-order valence-electron chi connectivity index (χ0n) is 16.2. The van der Waals surface area contributed by atoms with Crippen molar-refractivity contribution in [3.8, 4) is 0 Å². The van der Waals surface area contributed by atoms with Crippen molar-refractivity contribution in [1.82, 2.24) is 0 Å². The number of rotatable bonds is 2. The Kier molecular flexibility index (Phi) is 4.28. The Labute approximate surface area is 152 Å². The fourth-order valence-corrected chi connectivity index (χ4v) is 7.43. The van der Waals surface area contributed by atoms with E-state index in [1.54, 1.807) is 0 Å². The van der Waals surface area contributed by atoms with E-state index in [9.17, 15) is 9.59 Å². The number of hydrogen-bond donors (Lipinski definition) is 0. The van der Waals surface area contributed by atoms with Crippen LogP contribution in [-0.2, 0) is 14.3 Å².